The SMILES string of the molecule is CCCNc1ncccc1C(=O)N1CCCCC1CCO. The highest BCUT2D eigenvalue weighted by molar-refractivity contribution is 5.99. The average Bonchev–Trinajstić information content (AvgIpc) is 2.53. The van der Waals surface area contributed by atoms with Crippen LogP contribution >= 0.6 is 0 Å². The number of hydrogen-bond acceptors (Lipinski definition) is 4. The van der Waals surface area contributed by atoms with Crippen LogP contribution in [0.4, 0.5) is 5.82 Å². The molecular formula is C16H25N3O2. The largest absolute Gasteiger partial charge is 0.396 e. The molecule has 1 aromatic heterocycles. The molecule has 1 fully saturated rings. The van der Waals surface area contributed by atoms with Crippen molar-refractivity contribution in [1.29, 1.82) is 0 Å². The number of aromatic nitrogens is 1. The lowest BCUT2D eigenvalue weighted by molar-refractivity contribution is 0.0575. The van der Waals surface area contributed by atoms with Gasteiger partial charge in [-0.15, -0.1) is 0 Å². The monoisotopic (exact) mass is 291 g/mol. The zero-order chi connectivity index (χ0) is 15.1. The molecule has 1 aliphatic heterocycles. The maximum absolute atomic E-state index is 12.8. The summed E-state index contributed by atoms with van der Waals surface area (Å²) in [4.78, 5) is 19.0. The Kier molecular flexibility index (Phi) is 5.99. The first-order valence-corrected chi connectivity index (χ1v) is 7.88. The van der Waals surface area contributed by atoms with Crippen molar-refractivity contribution in [2.45, 2.75) is 45.1 Å². The van der Waals surface area contributed by atoms with Crippen LogP contribution < -0.4 is 5.32 Å². The van der Waals surface area contributed by atoms with Gasteiger partial charge < -0.3 is 15.3 Å². The molecule has 1 unspecified atom stereocenters. The minimum absolute atomic E-state index is 0.0276. The Labute approximate surface area is 126 Å². The van der Waals surface area contributed by atoms with Crippen LogP contribution in [0.5, 0.6) is 0 Å². The highest BCUT2D eigenvalue weighted by Crippen LogP contribution is 2.24. The highest BCUT2D eigenvalue weighted by Gasteiger charge is 2.28. The smallest absolute Gasteiger partial charge is 0.257 e. The van der Waals surface area contributed by atoms with Crippen molar-refractivity contribution in [1.82, 2.24) is 9.88 Å². The Morgan fingerprint density at radius 2 is 2.38 bits per heavy atom. The third-order valence-electron chi connectivity index (χ3n) is 3.93. The number of aliphatic hydroxyl groups excluding tert-OH is 1. The molecule has 1 aliphatic rings. The summed E-state index contributed by atoms with van der Waals surface area (Å²) < 4.78 is 0. The fourth-order valence-corrected chi connectivity index (χ4v) is 2.83. The van der Waals surface area contributed by atoms with E-state index >= 15 is 0 Å². The fraction of sp³-hybridized carbons (Fsp3) is 0.625. The standard InChI is InChI=1S/C16H25N3O2/c1-2-9-17-15-14(7-5-10-18-15)16(21)19-11-4-3-6-13(19)8-12-20/h5,7,10,13,20H,2-4,6,8-9,11-12H2,1H3,(H,17,18). The zero-order valence-electron chi connectivity index (χ0n) is 12.7. The van der Waals surface area contributed by atoms with Crippen molar-refractivity contribution >= 4 is 11.7 Å². The Morgan fingerprint density at radius 3 is 3.14 bits per heavy atom. The number of anilines is 1. The zero-order valence-corrected chi connectivity index (χ0v) is 12.7. The van der Waals surface area contributed by atoms with Crippen molar-refractivity contribution in [3.8, 4) is 0 Å². The Hall–Kier alpha value is -1.62. The number of aliphatic hydroxyl groups is 1. The molecule has 2 rings (SSSR count). The van der Waals surface area contributed by atoms with Crippen LogP contribution in [-0.2, 0) is 0 Å². The lowest BCUT2D eigenvalue weighted by Crippen LogP contribution is -2.44. The van der Waals surface area contributed by atoms with Crippen LogP contribution in [-0.4, -0.2) is 46.6 Å². The van der Waals surface area contributed by atoms with Gasteiger partial charge in [0, 0.05) is 31.9 Å². The van der Waals surface area contributed by atoms with Crippen LogP contribution in [0.3, 0.4) is 0 Å². The second kappa shape index (κ2) is 7.98. The third-order valence-corrected chi connectivity index (χ3v) is 3.93. The van der Waals surface area contributed by atoms with Crippen molar-refractivity contribution in [2.75, 3.05) is 25.0 Å². The van der Waals surface area contributed by atoms with Crippen LogP contribution in [0.1, 0.15) is 49.4 Å². The van der Waals surface area contributed by atoms with E-state index in [9.17, 15) is 9.90 Å². The molecule has 2 heterocycles. The van der Waals surface area contributed by atoms with Gasteiger partial charge in [-0.05, 0) is 44.2 Å². The van der Waals surface area contributed by atoms with E-state index in [0.29, 0.717) is 17.8 Å². The predicted molar refractivity (Wildman–Crippen MR) is 83.4 cm³/mol. The topological polar surface area (TPSA) is 65.5 Å². The normalized spacial score (nSPS) is 18.6. The number of carbonyl (C=O) groups excluding carboxylic acids is 1. The molecule has 1 aromatic rings. The number of nitrogens with one attached hydrogen (secondary N) is 1. The second-order valence-electron chi connectivity index (χ2n) is 5.49. The molecule has 0 spiro atoms. The van der Waals surface area contributed by atoms with E-state index in [-0.39, 0.29) is 18.6 Å². The number of nitrogens with zero attached hydrogens (tertiary/aromatic N) is 2. The molecule has 5 heteroatoms. The molecule has 0 radical (unpaired) electrons. The summed E-state index contributed by atoms with van der Waals surface area (Å²) in [6, 6.07) is 3.78. The van der Waals surface area contributed by atoms with Gasteiger partial charge in [0.1, 0.15) is 5.82 Å². The lowest BCUT2D eigenvalue weighted by Gasteiger charge is -2.35. The van der Waals surface area contributed by atoms with Crippen molar-refractivity contribution in [3.63, 3.8) is 0 Å². The Morgan fingerprint density at radius 1 is 1.52 bits per heavy atom. The van der Waals surface area contributed by atoms with Crippen LogP contribution in [0.2, 0.25) is 0 Å². The van der Waals surface area contributed by atoms with Gasteiger partial charge in [0.2, 0.25) is 0 Å². The van der Waals surface area contributed by atoms with E-state index in [0.717, 1.165) is 38.8 Å². The van der Waals surface area contributed by atoms with Gasteiger partial charge in [-0.1, -0.05) is 6.92 Å². The number of pyridine rings is 1. The number of amides is 1. The summed E-state index contributed by atoms with van der Waals surface area (Å²) in [7, 11) is 0. The Balaban J connectivity index is 2.17. The first-order valence-electron chi connectivity index (χ1n) is 7.88. The van der Waals surface area contributed by atoms with Crippen LogP contribution in [0.15, 0.2) is 18.3 Å². The van der Waals surface area contributed by atoms with E-state index in [4.69, 9.17) is 0 Å². The molecular weight excluding hydrogens is 266 g/mol. The van der Waals surface area contributed by atoms with Crippen LogP contribution in [0, 0.1) is 0 Å². The van der Waals surface area contributed by atoms with E-state index in [1.807, 2.05) is 11.0 Å². The van der Waals surface area contributed by atoms with E-state index in [2.05, 4.69) is 17.2 Å². The van der Waals surface area contributed by atoms with Crippen molar-refractivity contribution < 1.29 is 9.90 Å². The predicted octanol–water partition coefficient (Wildman–Crippen LogP) is 2.28. The molecule has 116 valence electrons. The lowest BCUT2D eigenvalue weighted by atomic mass is 9.98. The molecule has 1 atom stereocenters. The molecule has 0 aromatic carbocycles. The van der Waals surface area contributed by atoms with Gasteiger partial charge in [-0.2, -0.15) is 0 Å². The summed E-state index contributed by atoms with van der Waals surface area (Å²) in [5, 5.41) is 12.4. The number of piperidine rings is 1. The summed E-state index contributed by atoms with van der Waals surface area (Å²) in [5.41, 5.74) is 0.635. The Bertz CT molecular complexity index is 463. The fourth-order valence-electron chi connectivity index (χ4n) is 2.83. The van der Waals surface area contributed by atoms with Crippen molar-refractivity contribution in [3.05, 3.63) is 23.9 Å². The van der Waals surface area contributed by atoms with Gasteiger partial charge in [0.25, 0.3) is 5.91 Å². The van der Waals surface area contributed by atoms with Gasteiger partial charge in [0.05, 0.1) is 5.56 Å². The summed E-state index contributed by atoms with van der Waals surface area (Å²) in [5.74, 6) is 0.692. The number of carbonyl (C=O) groups is 1. The van der Waals surface area contributed by atoms with Crippen molar-refractivity contribution in [2.24, 2.45) is 0 Å². The van der Waals surface area contributed by atoms with E-state index < -0.39 is 0 Å². The van der Waals surface area contributed by atoms with E-state index in [1.165, 1.54) is 0 Å². The van der Waals surface area contributed by atoms with Gasteiger partial charge in [0.15, 0.2) is 0 Å². The molecule has 2 N–H and O–H groups in total. The minimum Gasteiger partial charge on any atom is -0.396 e. The van der Waals surface area contributed by atoms with Gasteiger partial charge >= 0.3 is 0 Å². The third kappa shape index (κ3) is 3.94. The van der Waals surface area contributed by atoms with E-state index in [1.54, 1.807) is 12.3 Å². The molecule has 1 saturated heterocycles. The number of rotatable bonds is 6. The van der Waals surface area contributed by atoms with Gasteiger partial charge in [-0.3, -0.25) is 4.79 Å². The molecule has 0 saturated carbocycles. The molecule has 21 heavy (non-hydrogen) atoms. The molecule has 1 amide bonds. The second-order valence-corrected chi connectivity index (χ2v) is 5.49. The first-order chi connectivity index (χ1) is 10.3. The maximum atomic E-state index is 12.8. The summed E-state index contributed by atoms with van der Waals surface area (Å²) in [6.45, 7) is 3.78. The van der Waals surface area contributed by atoms with Crippen LogP contribution in [0.25, 0.3) is 0 Å². The maximum Gasteiger partial charge on any atom is 0.257 e. The summed E-state index contributed by atoms with van der Waals surface area (Å²) in [6.07, 6.45) is 6.49. The highest BCUT2D eigenvalue weighted by atomic mass is 16.3. The number of hydrogen-bond donors (Lipinski definition) is 2. The molecule has 5 nitrogen and oxygen atoms in total. The molecule has 0 bridgehead atoms. The molecule has 0 aliphatic carbocycles. The average molecular weight is 291 g/mol. The minimum atomic E-state index is 0.0276. The summed E-state index contributed by atoms with van der Waals surface area (Å²) >= 11 is 0. The number of likely N-dealkylation sites (tertiary alicyclic amines) is 1. The quantitative estimate of drug-likeness (QED) is 0.844. The van der Waals surface area contributed by atoms with Gasteiger partial charge in [-0.25, -0.2) is 4.98 Å². The first kappa shape index (κ1) is 15.8.